The molecular formula is C9H11N2O. The number of amides is 1. The molecule has 3 nitrogen and oxygen atoms in total. The van der Waals surface area contributed by atoms with Gasteiger partial charge in [0.15, 0.2) is 0 Å². The Labute approximate surface area is 71.5 Å². The van der Waals surface area contributed by atoms with Crippen LogP contribution in [0.2, 0.25) is 0 Å². The lowest BCUT2D eigenvalue weighted by molar-refractivity contribution is 0.0950. The number of carbonyl (C=O) groups excluding carboxylic acids is 1. The second-order valence-corrected chi connectivity index (χ2v) is 2.75. The summed E-state index contributed by atoms with van der Waals surface area (Å²) >= 11 is 0. The maximum Gasteiger partial charge on any atom is 0.266 e. The smallest absolute Gasteiger partial charge is 0.266 e. The van der Waals surface area contributed by atoms with Crippen LogP contribution < -0.4 is 11.3 Å². The maximum atomic E-state index is 11.0. The molecule has 0 saturated heterocycles. The van der Waals surface area contributed by atoms with Gasteiger partial charge in [-0.2, -0.15) is 5.84 Å². The summed E-state index contributed by atoms with van der Waals surface area (Å²) in [7, 11) is 0. The number of rotatable bonds is 1. The van der Waals surface area contributed by atoms with Crippen LogP contribution in [0.25, 0.3) is 0 Å². The SMILES string of the molecule is Cc1ccc(C(=O)N[NH])cc1C. The van der Waals surface area contributed by atoms with Gasteiger partial charge < -0.3 is 0 Å². The molecule has 0 bridgehead atoms. The molecule has 0 unspecified atom stereocenters. The average molecular weight is 163 g/mol. The first-order valence-corrected chi connectivity index (χ1v) is 3.69. The zero-order valence-corrected chi connectivity index (χ0v) is 7.14. The molecule has 1 aromatic rings. The minimum Gasteiger partial charge on any atom is -0.272 e. The van der Waals surface area contributed by atoms with Crippen molar-refractivity contribution in [3.05, 3.63) is 34.9 Å². The Morgan fingerprint density at radius 1 is 1.33 bits per heavy atom. The molecule has 0 atom stereocenters. The van der Waals surface area contributed by atoms with Gasteiger partial charge in [0.1, 0.15) is 0 Å². The van der Waals surface area contributed by atoms with E-state index < -0.39 is 0 Å². The van der Waals surface area contributed by atoms with Crippen LogP contribution in [0.15, 0.2) is 18.2 Å². The highest BCUT2D eigenvalue weighted by molar-refractivity contribution is 5.93. The van der Waals surface area contributed by atoms with Crippen LogP contribution in [-0.2, 0) is 0 Å². The summed E-state index contributed by atoms with van der Waals surface area (Å²) in [6.07, 6.45) is 0. The number of hydrogen-bond donors (Lipinski definition) is 1. The third kappa shape index (κ3) is 1.62. The third-order valence-corrected chi connectivity index (χ3v) is 1.88. The van der Waals surface area contributed by atoms with Gasteiger partial charge in [0, 0.05) is 5.56 Å². The van der Waals surface area contributed by atoms with Gasteiger partial charge >= 0.3 is 0 Å². The van der Waals surface area contributed by atoms with E-state index in [1.54, 1.807) is 12.1 Å². The van der Waals surface area contributed by atoms with Crippen LogP contribution in [0.3, 0.4) is 0 Å². The van der Waals surface area contributed by atoms with Crippen molar-refractivity contribution < 1.29 is 4.79 Å². The first-order chi connectivity index (χ1) is 5.65. The average Bonchev–Trinajstić information content (AvgIpc) is 2.08. The van der Waals surface area contributed by atoms with Gasteiger partial charge in [0.05, 0.1) is 0 Å². The van der Waals surface area contributed by atoms with Crippen molar-refractivity contribution in [1.82, 2.24) is 11.3 Å². The predicted octanol–water partition coefficient (Wildman–Crippen LogP) is 1.23. The molecule has 2 N–H and O–H groups in total. The molecule has 12 heavy (non-hydrogen) atoms. The van der Waals surface area contributed by atoms with Crippen LogP contribution in [0, 0.1) is 13.8 Å². The van der Waals surface area contributed by atoms with E-state index in [0.29, 0.717) is 5.56 Å². The van der Waals surface area contributed by atoms with Gasteiger partial charge in [-0.1, -0.05) is 6.07 Å². The molecule has 1 amide bonds. The number of aryl methyl sites for hydroxylation is 2. The van der Waals surface area contributed by atoms with Crippen LogP contribution in [0.1, 0.15) is 21.5 Å². The molecule has 0 saturated carbocycles. The molecule has 0 aromatic heterocycles. The number of hydrogen-bond acceptors (Lipinski definition) is 1. The summed E-state index contributed by atoms with van der Waals surface area (Å²) in [5, 5.41) is 0. The van der Waals surface area contributed by atoms with Crippen molar-refractivity contribution in [2.75, 3.05) is 0 Å². The van der Waals surface area contributed by atoms with Crippen LogP contribution in [0.5, 0.6) is 0 Å². The van der Waals surface area contributed by atoms with Crippen molar-refractivity contribution in [2.45, 2.75) is 13.8 Å². The molecule has 0 aliphatic carbocycles. The van der Waals surface area contributed by atoms with E-state index in [1.165, 1.54) is 0 Å². The second-order valence-electron chi connectivity index (χ2n) is 2.75. The summed E-state index contributed by atoms with van der Waals surface area (Å²) in [5.74, 6) is 6.31. The van der Waals surface area contributed by atoms with Gasteiger partial charge in [0.2, 0.25) is 0 Å². The van der Waals surface area contributed by atoms with Crippen molar-refractivity contribution in [3.63, 3.8) is 0 Å². The van der Waals surface area contributed by atoms with Gasteiger partial charge in [-0.25, -0.2) is 0 Å². The van der Waals surface area contributed by atoms with Crippen molar-refractivity contribution >= 4 is 5.91 Å². The quantitative estimate of drug-likeness (QED) is 0.622. The van der Waals surface area contributed by atoms with E-state index in [9.17, 15) is 4.79 Å². The summed E-state index contributed by atoms with van der Waals surface area (Å²) in [5.41, 5.74) is 4.59. The van der Waals surface area contributed by atoms with E-state index in [1.807, 2.05) is 25.3 Å². The predicted molar refractivity (Wildman–Crippen MR) is 46.5 cm³/mol. The Hall–Kier alpha value is -1.35. The fourth-order valence-corrected chi connectivity index (χ4v) is 0.955. The summed E-state index contributed by atoms with van der Waals surface area (Å²) < 4.78 is 0. The third-order valence-electron chi connectivity index (χ3n) is 1.88. The first kappa shape index (κ1) is 8.74. The molecule has 0 aliphatic heterocycles. The fourth-order valence-electron chi connectivity index (χ4n) is 0.955. The highest BCUT2D eigenvalue weighted by Gasteiger charge is 2.03. The number of benzene rings is 1. The van der Waals surface area contributed by atoms with Gasteiger partial charge in [-0.05, 0) is 37.1 Å². The van der Waals surface area contributed by atoms with Gasteiger partial charge in [-0.15, -0.1) is 0 Å². The largest absolute Gasteiger partial charge is 0.272 e. The van der Waals surface area contributed by atoms with Gasteiger partial charge in [-0.3, -0.25) is 10.2 Å². The minimum absolute atomic E-state index is 0.363. The Bertz CT molecular complexity index is 307. The van der Waals surface area contributed by atoms with Crippen molar-refractivity contribution in [1.29, 1.82) is 0 Å². The first-order valence-electron chi connectivity index (χ1n) is 3.69. The Balaban J connectivity index is 3.05. The van der Waals surface area contributed by atoms with E-state index in [2.05, 4.69) is 0 Å². The molecule has 1 radical (unpaired) electrons. The van der Waals surface area contributed by atoms with Crippen molar-refractivity contribution in [3.8, 4) is 0 Å². The Morgan fingerprint density at radius 3 is 2.50 bits per heavy atom. The summed E-state index contributed by atoms with van der Waals surface area (Å²) in [6, 6.07) is 5.37. The normalized spacial score (nSPS) is 9.58. The molecule has 63 valence electrons. The zero-order valence-electron chi connectivity index (χ0n) is 7.14. The molecule has 1 rings (SSSR count). The summed E-state index contributed by atoms with van der Waals surface area (Å²) in [6.45, 7) is 3.92. The number of nitrogens with one attached hydrogen (secondary N) is 2. The van der Waals surface area contributed by atoms with Gasteiger partial charge in [0.25, 0.3) is 5.91 Å². The lowest BCUT2D eigenvalue weighted by Crippen LogP contribution is -2.20. The van der Waals surface area contributed by atoms with Crippen LogP contribution in [-0.4, -0.2) is 5.91 Å². The van der Waals surface area contributed by atoms with E-state index in [-0.39, 0.29) is 5.91 Å². The molecule has 3 heteroatoms. The molecule has 0 fully saturated rings. The van der Waals surface area contributed by atoms with E-state index in [4.69, 9.17) is 5.84 Å². The number of carbonyl (C=O) groups is 1. The molecule has 0 spiro atoms. The Morgan fingerprint density at radius 2 is 2.00 bits per heavy atom. The van der Waals surface area contributed by atoms with Crippen molar-refractivity contribution in [2.24, 2.45) is 0 Å². The monoisotopic (exact) mass is 163 g/mol. The molecule has 0 aliphatic rings. The van der Waals surface area contributed by atoms with Crippen LogP contribution in [0.4, 0.5) is 0 Å². The standard InChI is InChI=1S/C9H11N2O/c1-6-3-4-8(5-7(6)2)9(12)11-10/h3-5,10H,1-2H3,(H,11,12). The molecule has 0 heterocycles. The highest BCUT2D eigenvalue weighted by atomic mass is 16.2. The van der Waals surface area contributed by atoms with E-state index in [0.717, 1.165) is 11.1 Å². The van der Waals surface area contributed by atoms with E-state index >= 15 is 0 Å². The summed E-state index contributed by atoms with van der Waals surface area (Å²) in [4.78, 5) is 11.0. The minimum atomic E-state index is -0.363. The molecule has 1 aromatic carbocycles. The Kier molecular flexibility index (Phi) is 2.45. The molecular weight excluding hydrogens is 152 g/mol. The maximum absolute atomic E-state index is 11.0. The lowest BCUT2D eigenvalue weighted by atomic mass is 10.1. The van der Waals surface area contributed by atoms with Crippen LogP contribution >= 0.6 is 0 Å². The topological polar surface area (TPSA) is 52.9 Å². The fraction of sp³-hybridized carbons (Fsp3) is 0.222. The highest BCUT2D eigenvalue weighted by Crippen LogP contribution is 2.09. The lowest BCUT2D eigenvalue weighted by Gasteiger charge is -2.02. The zero-order chi connectivity index (χ0) is 9.14. The second kappa shape index (κ2) is 3.36.